The van der Waals surface area contributed by atoms with E-state index in [0.717, 1.165) is 22.2 Å². The first-order valence-corrected chi connectivity index (χ1v) is 7.60. The molecule has 24 heavy (non-hydrogen) atoms. The Kier molecular flexibility index (Phi) is 6.14. The zero-order chi connectivity index (χ0) is 16.2. The summed E-state index contributed by atoms with van der Waals surface area (Å²) in [4.78, 5) is 8.88. The average Bonchev–Trinajstić information content (AvgIpc) is 2.52. The molecule has 1 aromatic heterocycles. The lowest BCUT2D eigenvalue weighted by molar-refractivity contribution is 1.06. The van der Waals surface area contributed by atoms with Crippen LogP contribution in [0.3, 0.4) is 0 Å². The lowest BCUT2D eigenvalue weighted by atomic mass is 10.1. The van der Waals surface area contributed by atoms with E-state index >= 15 is 0 Å². The molecule has 0 saturated heterocycles. The molecule has 0 aliphatic heterocycles. The van der Waals surface area contributed by atoms with Crippen molar-refractivity contribution in [1.29, 1.82) is 0 Å². The van der Waals surface area contributed by atoms with Gasteiger partial charge in [-0.2, -0.15) is 0 Å². The molecule has 1 heterocycles. The van der Waals surface area contributed by atoms with Crippen LogP contribution in [-0.2, 0) is 6.54 Å². The number of para-hydroxylation sites is 1. The van der Waals surface area contributed by atoms with Gasteiger partial charge in [0.05, 0.1) is 12.1 Å². The molecule has 0 fully saturated rings. The van der Waals surface area contributed by atoms with Gasteiger partial charge < -0.3 is 11.1 Å². The lowest BCUT2D eigenvalue weighted by Gasteiger charge is -2.08. The quantitative estimate of drug-likeness (QED) is 0.367. The second kappa shape index (κ2) is 8.10. The number of pyridine rings is 1. The number of benzene rings is 2. The Labute approximate surface area is 159 Å². The van der Waals surface area contributed by atoms with Crippen molar-refractivity contribution in [2.24, 2.45) is 10.7 Å². The Hall–Kier alpha value is -2.15. The van der Waals surface area contributed by atoms with E-state index in [-0.39, 0.29) is 24.0 Å². The first-order valence-electron chi connectivity index (χ1n) is 7.60. The van der Waals surface area contributed by atoms with Crippen molar-refractivity contribution in [3.63, 3.8) is 0 Å². The first-order chi connectivity index (χ1) is 11.1. The average molecular weight is 432 g/mol. The zero-order valence-electron chi connectivity index (χ0n) is 13.8. The van der Waals surface area contributed by atoms with E-state index in [2.05, 4.69) is 47.3 Å². The molecule has 4 nitrogen and oxygen atoms in total. The fraction of sp³-hybridized carbons (Fsp3) is 0.158. The second-order valence-electron chi connectivity index (χ2n) is 5.70. The zero-order valence-corrected chi connectivity index (χ0v) is 16.1. The number of aromatic nitrogens is 1. The lowest BCUT2D eigenvalue weighted by Crippen LogP contribution is -2.22. The number of nitrogens with zero attached hydrogens (tertiary/aromatic N) is 2. The molecule has 0 unspecified atom stereocenters. The minimum Gasteiger partial charge on any atom is -0.370 e. The molecule has 0 aliphatic rings. The molecule has 0 amide bonds. The van der Waals surface area contributed by atoms with Gasteiger partial charge in [-0.25, -0.2) is 4.99 Å². The molecule has 3 aromatic rings. The number of hydrogen-bond donors (Lipinski definition) is 2. The Bertz CT molecular complexity index is 849. The highest BCUT2D eigenvalue weighted by atomic mass is 127. The molecule has 0 radical (unpaired) electrons. The molecule has 0 aliphatic carbocycles. The molecular weight excluding hydrogens is 411 g/mol. The van der Waals surface area contributed by atoms with E-state index in [1.165, 1.54) is 11.1 Å². The van der Waals surface area contributed by atoms with Gasteiger partial charge in [-0.1, -0.05) is 30.3 Å². The SMILES string of the molecule is Cc1cc(C)cc(NC(N)=NCc2cccc3cccnc23)c1.I. The van der Waals surface area contributed by atoms with Crippen LogP contribution in [0.4, 0.5) is 5.69 Å². The number of nitrogens with one attached hydrogen (secondary N) is 1. The van der Waals surface area contributed by atoms with E-state index in [0.29, 0.717) is 12.5 Å². The van der Waals surface area contributed by atoms with Gasteiger partial charge in [-0.15, -0.1) is 24.0 Å². The van der Waals surface area contributed by atoms with Crippen molar-refractivity contribution in [3.05, 3.63) is 71.4 Å². The number of aryl methyl sites for hydroxylation is 2. The van der Waals surface area contributed by atoms with Crippen molar-refractivity contribution in [2.75, 3.05) is 5.32 Å². The minimum atomic E-state index is 0. The standard InChI is InChI=1S/C19H20N4.HI/c1-13-9-14(2)11-17(10-13)23-19(20)22-12-16-6-3-5-15-7-4-8-21-18(15)16;/h3-11H,12H2,1-2H3,(H3,20,22,23);1H. The highest BCUT2D eigenvalue weighted by Gasteiger charge is 2.02. The number of aliphatic imine (C=N–C) groups is 1. The van der Waals surface area contributed by atoms with Crippen molar-refractivity contribution < 1.29 is 0 Å². The highest BCUT2D eigenvalue weighted by Crippen LogP contribution is 2.17. The monoisotopic (exact) mass is 432 g/mol. The number of nitrogens with two attached hydrogens (primary N) is 1. The van der Waals surface area contributed by atoms with Gasteiger partial charge in [0.15, 0.2) is 5.96 Å². The van der Waals surface area contributed by atoms with E-state index in [9.17, 15) is 0 Å². The summed E-state index contributed by atoms with van der Waals surface area (Å²) in [6, 6.07) is 16.3. The highest BCUT2D eigenvalue weighted by molar-refractivity contribution is 14.0. The maximum absolute atomic E-state index is 6.02. The van der Waals surface area contributed by atoms with E-state index in [4.69, 9.17) is 5.73 Å². The Morgan fingerprint density at radius 3 is 2.54 bits per heavy atom. The summed E-state index contributed by atoms with van der Waals surface area (Å²) in [5.74, 6) is 0.405. The molecule has 3 N–H and O–H groups in total. The van der Waals surface area contributed by atoms with E-state index in [1.807, 2.05) is 30.3 Å². The summed E-state index contributed by atoms with van der Waals surface area (Å²) in [6.07, 6.45) is 1.80. The third kappa shape index (κ3) is 4.44. The number of anilines is 1. The number of hydrogen-bond acceptors (Lipinski definition) is 2. The maximum atomic E-state index is 6.02. The van der Waals surface area contributed by atoms with Gasteiger partial charge in [0.2, 0.25) is 0 Å². The normalized spacial score (nSPS) is 11.2. The molecule has 5 heteroatoms. The first kappa shape index (κ1) is 18.2. The van der Waals surface area contributed by atoms with Crippen LogP contribution in [0.5, 0.6) is 0 Å². The van der Waals surface area contributed by atoms with Crippen molar-refractivity contribution >= 4 is 46.5 Å². The smallest absolute Gasteiger partial charge is 0.193 e. The predicted octanol–water partition coefficient (Wildman–Crippen LogP) is 4.40. The summed E-state index contributed by atoms with van der Waals surface area (Å²) in [6.45, 7) is 4.62. The maximum Gasteiger partial charge on any atom is 0.193 e. The molecule has 0 spiro atoms. The van der Waals surface area contributed by atoms with E-state index in [1.54, 1.807) is 6.20 Å². The Morgan fingerprint density at radius 2 is 1.79 bits per heavy atom. The number of rotatable bonds is 3. The van der Waals surface area contributed by atoms with Crippen LogP contribution < -0.4 is 11.1 Å². The molecule has 124 valence electrons. The van der Waals surface area contributed by atoms with Crippen LogP contribution in [0.25, 0.3) is 10.9 Å². The van der Waals surface area contributed by atoms with E-state index < -0.39 is 0 Å². The van der Waals surface area contributed by atoms with Crippen LogP contribution in [0.1, 0.15) is 16.7 Å². The van der Waals surface area contributed by atoms with Crippen LogP contribution in [0, 0.1) is 13.8 Å². The predicted molar refractivity (Wildman–Crippen MR) is 112 cm³/mol. The van der Waals surface area contributed by atoms with Gasteiger partial charge in [-0.3, -0.25) is 4.98 Å². The Morgan fingerprint density at radius 1 is 1.08 bits per heavy atom. The molecule has 0 atom stereocenters. The number of halogens is 1. The van der Waals surface area contributed by atoms with Gasteiger partial charge in [-0.05, 0) is 48.7 Å². The fourth-order valence-corrected chi connectivity index (χ4v) is 2.70. The molecule has 2 aromatic carbocycles. The Balaban J connectivity index is 0.00000208. The van der Waals surface area contributed by atoms with Crippen molar-refractivity contribution in [2.45, 2.75) is 20.4 Å². The van der Waals surface area contributed by atoms with Gasteiger partial charge >= 0.3 is 0 Å². The molecular formula is C19H21IN4. The van der Waals surface area contributed by atoms with Crippen molar-refractivity contribution in [3.8, 4) is 0 Å². The largest absolute Gasteiger partial charge is 0.370 e. The summed E-state index contributed by atoms with van der Waals surface area (Å²) in [5, 5.41) is 4.26. The van der Waals surface area contributed by atoms with Gasteiger partial charge in [0.1, 0.15) is 0 Å². The van der Waals surface area contributed by atoms with Gasteiger partial charge in [0.25, 0.3) is 0 Å². The molecule has 0 bridgehead atoms. The summed E-state index contributed by atoms with van der Waals surface area (Å²) in [5.41, 5.74) is 11.4. The third-order valence-corrected chi connectivity index (χ3v) is 3.63. The van der Waals surface area contributed by atoms with Crippen LogP contribution in [-0.4, -0.2) is 10.9 Å². The number of guanidine groups is 1. The third-order valence-electron chi connectivity index (χ3n) is 3.63. The molecule has 0 saturated carbocycles. The van der Waals surface area contributed by atoms with Gasteiger partial charge in [0, 0.05) is 17.3 Å². The van der Waals surface area contributed by atoms with Crippen molar-refractivity contribution in [1.82, 2.24) is 4.98 Å². The van der Waals surface area contributed by atoms with Crippen LogP contribution in [0.15, 0.2) is 59.7 Å². The topological polar surface area (TPSA) is 63.3 Å². The number of fused-ring (bicyclic) bond motifs is 1. The summed E-state index contributed by atoms with van der Waals surface area (Å²) < 4.78 is 0. The summed E-state index contributed by atoms with van der Waals surface area (Å²) in [7, 11) is 0. The summed E-state index contributed by atoms with van der Waals surface area (Å²) >= 11 is 0. The van der Waals surface area contributed by atoms with Crippen LogP contribution in [0.2, 0.25) is 0 Å². The fourth-order valence-electron chi connectivity index (χ4n) is 2.70. The second-order valence-corrected chi connectivity index (χ2v) is 5.70. The van der Waals surface area contributed by atoms with Crippen LogP contribution >= 0.6 is 24.0 Å². The minimum absolute atomic E-state index is 0. The molecule has 3 rings (SSSR count).